The minimum atomic E-state index is -2.86. The summed E-state index contributed by atoms with van der Waals surface area (Å²) < 4.78 is 25.1. The van der Waals surface area contributed by atoms with E-state index in [1.54, 1.807) is 18.6 Å². The van der Waals surface area contributed by atoms with E-state index in [-0.39, 0.29) is 17.5 Å². The Kier molecular flexibility index (Phi) is 3.52. The zero-order valence-corrected chi connectivity index (χ0v) is 12.3. The summed E-state index contributed by atoms with van der Waals surface area (Å²) in [5.41, 5.74) is 0.820. The molecule has 0 spiro atoms. The fourth-order valence-corrected chi connectivity index (χ4v) is 4.20. The second-order valence-electron chi connectivity index (χ2n) is 4.90. The number of nitrogens with zero attached hydrogens (tertiary/aromatic N) is 3. The van der Waals surface area contributed by atoms with Crippen LogP contribution in [-0.4, -0.2) is 34.5 Å². The maximum Gasteiger partial charge on any atom is 0.150 e. The topological polar surface area (TPSA) is 64.8 Å². The predicted octanol–water partition coefficient (Wildman–Crippen LogP) is 2.35. The number of hydrogen-bond donors (Lipinski definition) is 0. The Balaban J connectivity index is 1.94. The first kappa shape index (κ1) is 13.6. The summed E-state index contributed by atoms with van der Waals surface area (Å²) in [6, 6.07) is 1.97. The molecule has 20 heavy (non-hydrogen) atoms. The molecule has 106 valence electrons. The van der Waals surface area contributed by atoms with E-state index in [1.807, 2.05) is 16.8 Å². The quantitative estimate of drug-likeness (QED) is 0.854. The van der Waals surface area contributed by atoms with Gasteiger partial charge in [-0.25, -0.2) is 13.4 Å². The molecule has 1 fully saturated rings. The third kappa shape index (κ3) is 2.58. The van der Waals surface area contributed by atoms with Crippen LogP contribution in [0.3, 0.4) is 0 Å². The van der Waals surface area contributed by atoms with Gasteiger partial charge < -0.3 is 4.57 Å². The molecule has 0 aromatic carbocycles. The molecule has 1 saturated heterocycles. The lowest BCUT2D eigenvalue weighted by Crippen LogP contribution is -2.25. The second kappa shape index (κ2) is 5.18. The average molecular weight is 312 g/mol. The SMILES string of the molecule is O=S1(=O)CCC(n2ccnc2-c2ccncc2Cl)CC1. The van der Waals surface area contributed by atoms with Crippen molar-refractivity contribution in [1.29, 1.82) is 0 Å². The van der Waals surface area contributed by atoms with Gasteiger partial charge in [-0.15, -0.1) is 0 Å². The molecule has 0 radical (unpaired) electrons. The van der Waals surface area contributed by atoms with Gasteiger partial charge in [0, 0.05) is 36.4 Å². The van der Waals surface area contributed by atoms with Gasteiger partial charge >= 0.3 is 0 Å². The van der Waals surface area contributed by atoms with E-state index in [2.05, 4.69) is 9.97 Å². The van der Waals surface area contributed by atoms with Crippen LogP contribution in [0.4, 0.5) is 0 Å². The molecule has 5 nitrogen and oxygen atoms in total. The van der Waals surface area contributed by atoms with Crippen molar-refractivity contribution in [3.8, 4) is 11.4 Å². The van der Waals surface area contributed by atoms with Crippen LogP contribution in [0.15, 0.2) is 30.9 Å². The van der Waals surface area contributed by atoms with Crippen LogP contribution in [0.2, 0.25) is 5.02 Å². The van der Waals surface area contributed by atoms with Crippen molar-refractivity contribution in [3.63, 3.8) is 0 Å². The molecule has 3 rings (SSSR count). The van der Waals surface area contributed by atoms with Crippen LogP contribution in [-0.2, 0) is 9.84 Å². The predicted molar refractivity (Wildman–Crippen MR) is 77.4 cm³/mol. The fourth-order valence-electron chi connectivity index (χ4n) is 2.53. The fraction of sp³-hybridized carbons (Fsp3) is 0.385. The van der Waals surface area contributed by atoms with Crippen LogP contribution in [0.5, 0.6) is 0 Å². The highest BCUT2D eigenvalue weighted by molar-refractivity contribution is 7.91. The summed E-state index contributed by atoms with van der Waals surface area (Å²) in [7, 11) is -2.86. The Hall–Kier alpha value is -1.40. The third-order valence-electron chi connectivity index (χ3n) is 3.60. The highest BCUT2D eigenvalue weighted by Crippen LogP contribution is 2.31. The summed E-state index contributed by atoms with van der Waals surface area (Å²) in [5, 5.41) is 0.545. The molecule has 0 aliphatic carbocycles. The first-order chi connectivity index (χ1) is 9.57. The Labute approximate surface area is 122 Å². The van der Waals surface area contributed by atoms with E-state index in [1.165, 1.54) is 0 Å². The van der Waals surface area contributed by atoms with Crippen molar-refractivity contribution in [2.24, 2.45) is 0 Å². The minimum absolute atomic E-state index is 0.153. The molecule has 2 aromatic rings. The molecule has 0 N–H and O–H groups in total. The minimum Gasteiger partial charge on any atom is -0.328 e. The Morgan fingerprint density at radius 2 is 2.00 bits per heavy atom. The lowest BCUT2D eigenvalue weighted by Gasteiger charge is -2.25. The van der Waals surface area contributed by atoms with E-state index in [4.69, 9.17) is 11.6 Å². The summed E-state index contributed by atoms with van der Waals surface area (Å²) in [4.78, 5) is 8.33. The van der Waals surface area contributed by atoms with Crippen LogP contribution in [0, 0.1) is 0 Å². The lowest BCUT2D eigenvalue weighted by molar-refractivity contribution is 0.453. The van der Waals surface area contributed by atoms with E-state index in [0.29, 0.717) is 17.9 Å². The van der Waals surface area contributed by atoms with E-state index in [0.717, 1.165) is 11.4 Å². The summed E-state index contributed by atoms with van der Waals surface area (Å²) in [5.74, 6) is 1.24. The van der Waals surface area contributed by atoms with Gasteiger partial charge in [0.2, 0.25) is 0 Å². The molecular weight excluding hydrogens is 298 g/mol. The van der Waals surface area contributed by atoms with Crippen molar-refractivity contribution < 1.29 is 8.42 Å². The van der Waals surface area contributed by atoms with Crippen LogP contribution < -0.4 is 0 Å². The number of imidazole rings is 1. The largest absolute Gasteiger partial charge is 0.328 e. The number of aromatic nitrogens is 3. The molecule has 1 aliphatic heterocycles. The molecule has 0 bridgehead atoms. The van der Waals surface area contributed by atoms with Crippen molar-refractivity contribution in [2.45, 2.75) is 18.9 Å². The van der Waals surface area contributed by atoms with Gasteiger partial charge in [-0.2, -0.15) is 0 Å². The van der Waals surface area contributed by atoms with E-state index >= 15 is 0 Å². The molecule has 0 unspecified atom stereocenters. The average Bonchev–Trinajstić information content (AvgIpc) is 2.88. The lowest BCUT2D eigenvalue weighted by atomic mass is 10.1. The van der Waals surface area contributed by atoms with Crippen LogP contribution in [0.25, 0.3) is 11.4 Å². The Bertz CT molecular complexity index is 713. The molecule has 1 aliphatic rings. The van der Waals surface area contributed by atoms with Gasteiger partial charge in [0.15, 0.2) is 0 Å². The number of hydrogen-bond acceptors (Lipinski definition) is 4. The Morgan fingerprint density at radius 1 is 1.25 bits per heavy atom. The molecular formula is C13H14ClN3O2S. The number of rotatable bonds is 2. The zero-order chi connectivity index (χ0) is 14.2. The van der Waals surface area contributed by atoms with Crippen molar-refractivity contribution in [1.82, 2.24) is 14.5 Å². The number of halogens is 1. The second-order valence-corrected chi connectivity index (χ2v) is 7.61. The van der Waals surface area contributed by atoms with Crippen molar-refractivity contribution in [3.05, 3.63) is 35.9 Å². The first-order valence-corrected chi connectivity index (χ1v) is 8.60. The maximum absolute atomic E-state index is 11.5. The molecule has 0 saturated carbocycles. The van der Waals surface area contributed by atoms with Crippen molar-refractivity contribution in [2.75, 3.05) is 11.5 Å². The maximum atomic E-state index is 11.5. The van der Waals surface area contributed by atoms with Gasteiger partial charge in [0.05, 0.1) is 16.5 Å². The monoisotopic (exact) mass is 311 g/mol. The zero-order valence-electron chi connectivity index (χ0n) is 10.7. The molecule has 3 heterocycles. The van der Waals surface area contributed by atoms with Gasteiger partial charge in [0.1, 0.15) is 15.7 Å². The van der Waals surface area contributed by atoms with Crippen molar-refractivity contribution >= 4 is 21.4 Å². The number of pyridine rings is 1. The highest BCUT2D eigenvalue weighted by Gasteiger charge is 2.26. The first-order valence-electron chi connectivity index (χ1n) is 6.40. The summed E-state index contributed by atoms with van der Waals surface area (Å²) in [6.45, 7) is 0. The van der Waals surface area contributed by atoms with E-state index < -0.39 is 9.84 Å². The molecule has 0 atom stereocenters. The standard InChI is InChI=1S/C13H14ClN3O2S/c14-12-9-15-4-1-11(12)13-16-5-6-17(13)10-2-7-20(18,19)8-3-10/h1,4-6,9-10H,2-3,7-8H2. The Morgan fingerprint density at radius 3 is 2.70 bits per heavy atom. The smallest absolute Gasteiger partial charge is 0.150 e. The van der Waals surface area contributed by atoms with Crippen LogP contribution in [0.1, 0.15) is 18.9 Å². The van der Waals surface area contributed by atoms with Gasteiger partial charge in [0.25, 0.3) is 0 Å². The molecule has 2 aromatic heterocycles. The van der Waals surface area contributed by atoms with E-state index in [9.17, 15) is 8.42 Å². The molecule has 7 heteroatoms. The summed E-state index contributed by atoms with van der Waals surface area (Å²) in [6.07, 6.45) is 8.10. The molecule has 0 amide bonds. The third-order valence-corrected chi connectivity index (χ3v) is 5.62. The normalized spacial score (nSPS) is 19.1. The number of sulfone groups is 1. The summed E-state index contributed by atoms with van der Waals surface area (Å²) >= 11 is 6.16. The van der Waals surface area contributed by atoms with Gasteiger partial charge in [-0.1, -0.05) is 11.6 Å². The van der Waals surface area contributed by atoms with Gasteiger partial charge in [-0.3, -0.25) is 4.98 Å². The highest BCUT2D eigenvalue weighted by atomic mass is 35.5. The van der Waals surface area contributed by atoms with Crippen LogP contribution >= 0.6 is 11.6 Å². The van der Waals surface area contributed by atoms with Gasteiger partial charge in [-0.05, 0) is 18.9 Å².